The number of hydrogen-bond donors (Lipinski definition) is 3. The summed E-state index contributed by atoms with van der Waals surface area (Å²) in [4.78, 5) is 22.4. The molecule has 1 unspecified atom stereocenters. The quantitative estimate of drug-likeness (QED) is 0.349. The van der Waals surface area contributed by atoms with Crippen molar-refractivity contribution < 1.29 is 34.4 Å². The first kappa shape index (κ1) is 16.3. The van der Waals surface area contributed by atoms with E-state index in [2.05, 4.69) is 16.1 Å². The van der Waals surface area contributed by atoms with Gasteiger partial charge in [-0.3, -0.25) is 0 Å². The molecule has 102 valence electrons. The van der Waals surface area contributed by atoms with Crippen molar-refractivity contribution in [3.63, 3.8) is 0 Å². The summed E-state index contributed by atoms with van der Waals surface area (Å²) < 4.78 is 9.32. The van der Waals surface area contributed by atoms with Crippen LogP contribution in [0.15, 0.2) is 23.8 Å². The third-order valence-corrected chi connectivity index (χ3v) is 1.63. The van der Waals surface area contributed by atoms with Crippen molar-refractivity contribution in [1.29, 1.82) is 0 Å². The van der Waals surface area contributed by atoms with Crippen LogP contribution in [0.5, 0.6) is 0 Å². The Hall–Kier alpha value is -1.70. The second-order valence-electron chi connectivity index (χ2n) is 3.67. The highest BCUT2D eigenvalue weighted by Crippen LogP contribution is 2.07. The van der Waals surface area contributed by atoms with Crippen LogP contribution < -0.4 is 0 Å². The molecule has 3 N–H and O–H groups in total. The normalized spacial score (nSPS) is 13.8. The minimum absolute atomic E-state index is 0.144. The van der Waals surface area contributed by atoms with Crippen molar-refractivity contribution in [2.45, 2.75) is 33.0 Å². The summed E-state index contributed by atoms with van der Waals surface area (Å²) in [5.41, 5.74) is -0.119. The molecule has 0 amide bonds. The Labute approximate surface area is 104 Å². The van der Waals surface area contributed by atoms with Crippen molar-refractivity contribution in [3.8, 4) is 0 Å². The summed E-state index contributed by atoms with van der Waals surface area (Å²) >= 11 is 0. The summed E-state index contributed by atoms with van der Waals surface area (Å²) in [5, 5.41) is 25.9. The maximum atomic E-state index is 11.3. The molecule has 0 rings (SSSR count). The molecule has 0 heterocycles. The first-order valence-electron chi connectivity index (χ1n) is 4.97. The Kier molecular flexibility index (Phi) is 5.70. The lowest BCUT2D eigenvalue weighted by Gasteiger charge is -2.15. The Morgan fingerprint density at radius 2 is 1.61 bits per heavy atom. The van der Waals surface area contributed by atoms with E-state index in [0.717, 1.165) is 0 Å². The van der Waals surface area contributed by atoms with Gasteiger partial charge in [0.05, 0.1) is 0 Å². The van der Waals surface area contributed by atoms with E-state index in [0.29, 0.717) is 6.08 Å². The smallest absolute Gasteiger partial charge is 0.336 e. The number of aliphatic hydroxyl groups is 3. The zero-order valence-electron chi connectivity index (χ0n) is 10.3. The highest BCUT2D eigenvalue weighted by atomic mass is 16.7. The number of ether oxygens (including phenoxy) is 2. The van der Waals surface area contributed by atoms with Crippen LogP contribution in [0.1, 0.15) is 20.8 Å². The lowest BCUT2D eigenvalue weighted by molar-refractivity contribution is -0.274. The molecular formula is C11H16O7. The summed E-state index contributed by atoms with van der Waals surface area (Å²) in [6.07, 6.45) is -0.696. The molecule has 0 aromatic carbocycles. The summed E-state index contributed by atoms with van der Waals surface area (Å²) in [7, 11) is 0. The number of esters is 2. The number of carbonyl (C=O) groups is 2. The molecule has 0 bridgehead atoms. The van der Waals surface area contributed by atoms with E-state index in [9.17, 15) is 9.59 Å². The molecule has 7 heteroatoms. The predicted molar refractivity (Wildman–Crippen MR) is 59.6 cm³/mol. The van der Waals surface area contributed by atoms with Gasteiger partial charge in [-0.1, -0.05) is 6.58 Å². The van der Waals surface area contributed by atoms with Crippen molar-refractivity contribution in [3.05, 3.63) is 23.8 Å². The van der Waals surface area contributed by atoms with Gasteiger partial charge in [0, 0.05) is 24.1 Å². The number of rotatable bonds is 5. The lowest BCUT2D eigenvalue weighted by Crippen LogP contribution is -2.27. The molecule has 0 saturated carbocycles. The molecule has 0 spiro atoms. The van der Waals surface area contributed by atoms with Crippen LogP contribution in [-0.2, 0) is 19.1 Å². The third-order valence-electron chi connectivity index (χ3n) is 1.63. The van der Waals surface area contributed by atoms with Gasteiger partial charge in [0.2, 0.25) is 6.29 Å². The standard InChI is InChI=1S/C11H16O7/c1-6(2)9(12)17-8(4)18-10(13)7(3)5-11(14,15)16/h5,8,14-16H,1H2,2-4H3/b7-5+. The largest absolute Gasteiger partial charge is 0.422 e. The summed E-state index contributed by atoms with van der Waals surface area (Å²) in [5.74, 6) is -4.81. The maximum Gasteiger partial charge on any atom is 0.336 e. The van der Waals surface area contributed by atoms with Gasteiger partial charge in [0.1, 0.15) is 0 Å². The maximum absolute atomic E-state index is 11.3. The topological polar surface area (TPSA) is 113 Å². The second-order valence-corrected chi connectivity index (χ2v) is 3.67. The molecule has 0 aromatic rings. The van der Waals surface area contributed by atoms with Crippen molar-refractivity contribution in [1.82, 2.24) is 0 Å². The van der Waals surface area contributed by atoms with Crippen molar-refractivity contribution >= 4 is 11.9 Å². The lowest BCUT2D eigenvalue weighted by atomic mass is 10.2. The van der Waals surface area contributed by atoms with E-state index in [4.69, 9.17) is 15.3 Å². The van der Waals surface area contributed by atoms with Crippen LogP contribution in [-0.4, -0.2) is 39.5 Å². The van der Waals surface area contributed by atoms with Crippen LogP contribution in [0.3, 0.4) is 0 Å². The number of carbonyl (C=O) groups excluding carboxylic acids is 2. The minimum Gasteiger partial charge on any atom is -0.422 e. The van der Waals surface area contributed by atoms with Crippen LogP contribution in [0.25, 0.3) is 0 Å². The Bertz CT molecular complexity index is 375. The van der Waals surface area contributed by atoms with Crippen molar-refractivity contribution in [2.75, 3.05) is 0 Å². The monoisotopic (exact) mass is 260 g/mol. The van der Waals surface area contributed by atoms with Gasteiger partial charge < -0.3 is 24.8 Å². The second kappa shape index (κ2) is 6.29. The third kappa shape index (κ3) is 6.79. The fourth-order valence-corrected chi connectivity index (χ4v) is 0.868. The van der Waals surface area contributed by atoms with E-state index < -0.39 is 24.2 Å². The SMILES string of the molecule is C=C(C)C(=O)OC(C)OC(=O)/C(C)=C/C(O)(O)O. The molecule has 0 radical (unpaired) electrons. The first-order chi connectivity index (χ1) is 8.03. The van der Waals surface area contributed by atoms with Gasteiger partial charge in [-0.15, -0.1) is 0 Å². The van der Waals surface area contributed by atoms with Crippen LogP contribution >= 0.6 is 0 Å². The van der Waals surface area contributed by atoms with Crippen LogP contribution in [0.2, 0.25) is 0 Å². The fraction of sp³-hybridized carbons (Fsp3) is 0.455. The molecule has 0 aliphatic carbocycles. The van der Waals surface area contributed by atoms with E-state index in [-0.39, 0.29) is 11.1 Å². The molecule has 1 atom stereocenters. The summed E-state index contributed by atoms with van der Waals surface area (Å²) in [6.45, 7) is 7.26. The fourth-order valence-electron chi connectivity index (χ4n) is 0.868. The highest BCUT2D eigenvalue weighted by Gasteiger charge is 2.20. The minimum atomic E-state index is -3.11. The van der Waals surface area contributed by atoms with Gasteiger partial charge in [-0.25, -0.2) is 9.59 Å². The zero-order chi connectivity index (χ0) is 14.5. The molecule has 0 saturated heterocycles. The van der Waals surface area contributed by atoms with Gasteiger partial charge in [0.15, 0.2) is 0 Å². The summed E-state index contributed by atoms with van der Waals surface area (Å²) in [6, 6.07) is 0. The number of hydrogen-bond acceptors (Lipinski definition) is 7. The Balaban J connectivity index is 4.45. The van der Waals surface area contributed by atoms with E-state index in [1.807, 2.05) is 0 Å². The average molecular weight is 260 g/mol. The van der Waals surface area contributed by atoms with Crippen LogP contribution in [0, 0.1) is 0 Å². The first-order valence-corrected chi connectivity index (χ1v) is 4.97. The Morgan fingerprint density at radius 1 is 1.17 bits per heavy atom. The molecule has 7 nitrogen and oxygen atoms in total. The molecule has 0 fully saturated rings. The van der Waals surface area contributed by atoms with Gasteiger partial charge >= 0.3 is 11.9 Å². The highest BCUT2D eigenvalue weighted by molar-refractivity contribution is 5.89. The predicted octanol–water partition coefficient (Wildman–Crippen LogP) is -0.428. The zero-order valence-corrected chi connectivity index (χ0v) is 10.3. The van der Waals surface area contributed by atoms with E-state index in [1.165, 1.54) is 20.8 Å². The molecular weight excluding hydrogens is 244 g/mol. The van der Waals surface area contributed by atoms with Crippen LogP contribution in [0.4, 0.5) is 0 Å². The molecule has 0 aliphatic rings. The average Bonchev–Trinajstić information content (AvgIpc) is 2.14. The Morgan fingerprint density at radius 3 is 2.00 bits per heavy atom. The van der Waals surface area contributed by atoms with Gasteiger partial charge in [-0.05, 0) is 13.8 Å². The van der Waals surface area contributed by atoms with Gasteiger partial charge in [-0.2, -0.15) is 0 Å². The van der Waals surface area contributed by atoms with E-state index >= 15 is 0 Å². The molecule has 18 heavy (non-hydrogen) atoms. The molecule has 0 aromatic heterocycles. The van der Waals surface area contributed by atoms with Crippen molar-refractivity contribution in [2.24, 2.45) is 0 Å². The van der Waals surface area contributed by atoms with Gasteiger partial charge in [0.25, 0.3) is 5.97 Å². The molecule has 0 aliphatic heterocycles. The van der Waals surface area contributed by atoms with E-state index in [1.54, 1.807) is 0 Å².